The number of methoxy groups -OCH3 is 1. The van der Waals surface area contributed by atoms with Crippen molar-refractivity contribution in [3.05, 3.63) is 77.6 Å². The van der Waals surface area contributed by atoms with Crippen molar-refractivity contribution in [1.29, 1.82) is 0 Å². The molecule has 0 fully saturated rings. The lowest BCUT2D eigenvalue weighted by Gasteiger charge is -2.16. The van der Waals surface area contributed by atoms with E-state index in [0.29, 0.717) is 22.8 Å². The fourth-order valence-electron chi connectivity index (χ4n) is 3.13. The van der Waals surface area contributed by atoms with Crippen molar-refractivity contribution in [3.8, 4) is 0 Å². The van der Waals surface area contributed by atoms with E-state index in [9.17, 15) is 9.59 Å². The first-order valence-electron chi connectivity index (χ1n) is 8.83. The van der Waals surface area contributed by atoms with Gasteiger partial charge in [-0.1, -0.05) is 18.2 Å². The molecule has 4 rings (SSSR count). The van der Waals surface area contributed by atoms with E-state index >= 15 is 0 Å². The molecule has 1 aromatic heterocycles. The Balaban J connectivity index is 1.45. The van der Waals surface area contributed by atoms with E-state index in [1.807, 2.05) is 23.1 Å². The molecule has 1 N–H and O–H groups in total. The smallest absolute Gasteiger partial charge is 0.337 e. The van der Waals surface area contributed by atoms with Crippen LogP contribution in [0.3, 0.4) is 0 Å². The molecule has 140 valence electrons. The Morgan fingerprint density at radius 1 is 1.00 bits per heavy atom. The maximum Gasteiger partial charge on any atom is 0.337 e. The molecular formula is C21H18N4O3. The highest BCUT2D eigenvalue weighted by Gasteiger charge is 2.22. The van der Waals surface area contributed by atoms with E-state index in [-0.39, 0.29) is 5.91 Å². The van der Waals surface area contributed by atoms with Crippen molar-refractivity contribution in [2.24, 2.45) is 0 Å². The van der Waals surface area contributed by atoms with E-state index in [0.717, 1.165) is 18.7 Å². The largest absolute Gasteiger partial charge is 0.465 e. The van der Waals surface area contributed by atoms with Crippen molar-refractivity contribution in [1.82, 2.24) is 9.97 Å². The van der Waals surface area contributed by atoms with E-state index in [2.05, 4.69) is 26.1 Å². The van der Waals surface area contributed by atoms with Gasteiger partial charge in [0.25, 0.3) is 5.91 Å². The van der Waals surface area contributed by atoms with Gasteiger partial charge in [0, 0.05) is 30.3 Å². The Hall–Kier alpha value is -3.74. The van der Waals surface area contributed by atoms with Crippen LogP contribution in [0.2, 0.25) is 0 Å². The summed E-state index contributed by atoms with van der Waals surface area (Å²) in [5.74, 6) is -0.173. The number of anilines is 3. The number of ether oxygens (including phenoxy) is 1. The Bertz CT molecular complexity index is 1020. The van der Waals surface area contributed by atoms with Crippen LogP contribution in [0.1, 0.15) is 26.3 Å². The number of nitrogens with one attached hydrogen (secondary N) is 1. The number of hydrogen-bond acceptors (Lipinski definition) is 6. The average molecular weight is 374 g/mol. The summed E-state index contributed by atoms with van der Waals surface area (Å²) < 4.78 is 4.66. The molecule has 0 unspecified atom stereocenters. The summed E-state index contributed by atoms with van der Waals surface area (Å²) in [6.07, 6.45) is 3.98. The number of carbonyl (C=O) groups excluding carboxylic acids is 2. The third kappa shape index (κ3) is 3.42. The van der Waals surface area contributed by atoms with Gasteiger partial charge in [0.05, 0.1) is 18.2 Å². The molecule has 7 nitrogen and oxygen atoms in total. The summed E-state index contributed by atoms with van der Waals surface area (Å²) in [4.78, 5) is 34.7. The number of aromatic nitrogens is 2. The fraction of sp³-hybridized carbons (Fsp3) is 0.143. The van der Waals surface area contributed by atoms with Crippen LogP contribution in [0.15, 0.2) is 60.9 Å². The highest BCUT2D eigenvalue weighted by Crippen LogP contribution is 2.31. The fourth-order valence-corrected chi connectivity index (χ4v) is 3.13. The first-order valence-corrected chi connectivity index (χ1v) is 8.83. The minimum atomic E-state index is -0.426. The maximum atomic E-state index is 12.4. The van der Waals surface area contributed by atoms with Crippen molar-refractivity contribution >= 4 is 29.2 Å². The Labute approximate surface area is 162 Å². The molecule has 1 aliphatic rings. The predicted octanol–water partition coefficient (Wildman–Crippen LogP) is 3.21. The third-order valence-electron chi connectivity index (χ3n) is 4.59. The number of para-hydroxylation sites is 1. The van der Waals surface area contributed by atoms with Crippen LogP contribution in [0, 0.1) is 0 Å². The molecule has 0 saturated heterocycles. The van der Waals surface area contributed by atoms with Crippen LogP contribution in [0.5, 0.6) is 0 Å². The summed E-state index contributed by atoms with van der Waals surface area (Å²) in [6.45, 7) is 0.817. The van der Waals surface area contributed by atoms with Gasteiger partial charge in [-0.05, 0) is 42.3 Å². The molecule has 3 aromatic rings. The first kappa shape index (κ1) is 17.7. The number of nitrogens with zero attached hydrogens (tertiary/aromatic N) is 3. The summed E-state index contributed by atoms with van der Waals surface area (Å²) in [7, 11) is 1.32. The molecule has 1 amide bonds. The Kier molecular flexibility index (Phi) is 4.72. The van der Waals surface area contributed by atoms with Gasteiger partial charge in [-0.3, -0.25) is 4.79 Å². The average Bonchev–Trinajstić information content (AvgIpc) is 3.18. The number of benzene rings is 2. The van der Waals surface area contributed by atoms with Crippen LogP contribution in [0.4, 0.5) is 17.3 Å². The van der Waals surface area contributed by atoms with Crippen LogP contribution < -0.4 is 10.2 Å². The van der Waals surface area contributed by atoms with Gasteiger partial charge in [-0.25, -0.2) is 14.8 Å². The lowest BCUT2D eigenvalue weighted by molar-refractivity contribution is 0.0600. The van der Waals surface area contributed by atoms with Gasteiger partial charge in [0.15, 0.2) is 0 Å². The van der Waals surface area contributed by atoms with Crippen LogP contribution in [0.25, 0.3) is 0 Å². The van der Waals surface area contributed by atoms with Crippen molar-refractivity contribution < 1.29 is 14.3 Å². The second-order valence-electron chi connectivity index (χ2n) is 6.33. The highest BCUT2D eigenvalue weighted by molar-refractivity contribution is 6.04. The lowest BCUT2D eigenvalue weighted by atomic mass is 10.2. The van der Waals surface area contributed by atoms with Crippen molar-refractivity contribution in [3.63, 3.8) is 0 Å². The predicted molar refractivity (Wildman–Crippen MR) is 105 cm³/mol. The molecule has 0 spiro atoms. The number of hydrogen-bond donors (Lipinski definition) is 1. The van der Waals surface area contributed by atoms with Gasteiger partial charge < -0.3 is 15.0 Å². The second-order valence-corrected chi connectivity index (χ2v) is 6.33. The monoisotopic (exact) mass is 374 g/mol. The quantitative estimate of drug-likeness (QED) is 0.706. The van der Waals surface area contributed by atoms with E-state index < -0.39 is 5.97 Å². The molecule has 0 radical (unpaired) electrons. The summed E-state index contributed by atoms with van der Waals surface area (Å²) >= 11 is 0. The van der Waals surface area contributed by atoms with E-state index in [4.69, 9.17) is 0 Å². The lowest BCUT2D eigenvalue weighted by Crippen LogP contribution is -2.18. The summed E-state index contributed by atoms with van der Waals surface area (Å²) in [6, 6.07) is 14.6. The van der Waals surface area contributed by atoms with Gasteiger partial charge in [0.1, 0.15) is 0 Å². The molecule has 0 aliphatic carbocycles. The highest BCUT2D eigenvalue weighted by atomic mass is 16.5. The Morgan fingerprint density at radius 2 is 1.71 bits per heavy atom. The van der Waals surface area contributed by atoms with Gasteiger partial charge >= 0.3 is 5.97 Å². The summed E-state index contributed by atoms with van der Waals surface area (Å²) in [5, 5.41) is 2.76. The van der Waals surface area contributed by atoms with Gasteiger partial charge in [-0.2, -0.15) is 0 Å². The topological polar surface area (TPSA) is 84.4 Å². The van der Waals surface area contributed by atoms with Gasteiger partial charge in [0.2, 0.25) is 5.95 Å². The van der Waals surface area contributed by atoms with Crippen molar-refractivity contribution in [2.45, 2.75) is 6.42 Å². The SMILES string of the molecule is COC(=O)c1ccc(NC(=O)c2cnc(N3CCc4ccccc43)nc2)cc1. The second kappa shape index (κ2) is 7.48. The van der Waals surface area contributed by atoms with Crippen molar-refractivity contribution in [2.75, 3.05) is 23.9 Å². The minimum absolute atomic E-state index is 0.320. The Morgan fingerprint density at radius 3 is 2.43 bits per heavy atom. The van der Waals surface area contributed by atoms with Crippen LogP contribution >= 0.6 is 0 Å². The van der Waals surface area contributed by atoms with E-state index in [1.165, 1.54) is 25.1 Å². The molecule has 7 heteroatoms. The molecule has 0 saturated carbocycles. The third-order valence-corrected chi connectivity index (χ3v) is 4.59. The van der Waals surface area contributed by atoms with E-state index in [1.54, 1.807) is 24.3 Å². The minimum Gasteiger partial charge on any atom is -0.465 e. The molecule has 1 aliphatic heterocycles. The number of carbonyl (C=O) groups is 2. The first-order chi connectivity index (χ1) is 13.7. The standard InChI is InChI=1S/C21H18N4O3/c1-28-20(27)15-6-8-17(9-7-15)24-19(26)16-12-22-21(23-13-16)25-11-10-14-4-2-3-5-18(14)25/h2-9,12-13H,10-11H2,1H3,(H,24,26). The zero-order chi connectivity index (χ0) is 19.5. The summed E-state index contributed by atoms with van der Waals surface area (Å²) in [5.41, 5.74) is 3.70. The van der Waals surface area contributed by atoms with Gasteiger partial charge in [-0.15, -0.1) is 0 Å². The number of esters is 1. The molecule has 2 aromatic carbocycles. The zero-order valence-corrected chi connectivity index (χ0v) is 15.3. The molecule has 0 atom stereocenters. The normalized spacial score (nSPS) is 12.4. The maximum absolute atomic E-state index is 12.4. The number of amides is 1. The van der Waals surface area contributed by atoms with Crippen LogP contribution in [-0.4, -0.2) is 35.5 Å². The molecule has 2 heterocycles. The molecular weight excluding hydrogens is 356 g/mol. The number of rotatable bonds is 4. The number of fused-ring (bicyclic) bond motifs is 1. The zero-order valence-electron chi connectivity index (χ0n) is 15.3. The molecule has 28 heavy (non-hydrogen) atoms. The van der Waals surface area contributed by atoms with Crippen LogP contribution in [-0.2, 0) is 11.2 Å². The molecule has 0 bridgehead atoms.